The van der Waals surface area contributed by atoms with Gasteiger partial charge in [-0.3, -0.25) is 4.79 Å². The van der Waals surface area contributed by atoms with E-state index in [-0.39, 0.29) is 12.0 Å². The number of rotatable bonds is 4. The van der Waals surface area contributed by atoms with E-state index in [0.717, 1.165) is 18.4 Å². The van der Waals surface area contributed by atoms with Crippen molar-refractivity contribution in [2.24, 2.45) is 0 Å². The summed E-state index contributed by atoms with van der Waals surface area (Å²) in [5, 5.41) is 10.8. The molecule has 0 radical (unpaired) electrons. The number of aromatic nitrogens is 2. The quantitative estimate of drug-likeness (QED) is 0.927. The lowest BCUT2D eigenvalue weighted by molar-refractivity contribution is -0.130. The number of benzene rings is 1. The number of ether oxygens (including phenoxy) is 1. The molecule has 2 heterocycles. The van der Waals surface area contributed by atoms with Gasteiger partial charge in [0.15, 0.2) is 0 Å². The zero-order valence-electron chi connectivity index (χ0n) is 11.8. The predicted octanol–water partition coefficient (Wildman–Crippen LogP) is 1.76. The first-order chi connectivity index (χ1) is 10.2. The van der Waals surface area contributed by atoms with E-state index in [1.807, 2.05) is 30.3 Å². The third-order valence-electron chi connectivity index (χ3n) is 3.43. The van der Waals surface area contributed by atoms with Crippen LogP contribution in [-0.2, 0) is 9.53 Å². The summed E-state index contributed by atoms with van der Waals surface area (Å²) in [5.41, 5.74) is 0.896. The first-order valence-electron chi connectivity index (χ1n) is 7.01. The van der Waals surface area contributed by atoms with Gasteiger partial charge in [-0.05, 0) is 18.4 Å². The van der Waals surface area contributed by atoms with Crippen LogP contribution in [0.15, 0.2) is 34.7 Å². The Labute approximate surface area is 122 Å². The highest BCUT2D eigenvalue weighted by Gasteiger charge is 2.28. The van der Waals surface area contributed by atoms with Crippen molar-refractivity contribution in [3.05, 3.63) is 47.7 Å². The lowest BCUT2D eigenvalue weighted by Crippen LogP contribution is -2.37. The number of aryl methyl sites for hydroxylation is 1. The molecule has 1 aromatic carbocycles. The molecule has 2 atom stereocenters. The zero-order chi connectivity index (χ0) is 14.7. The third-order valence-corrected chi connectivity index (χ3v) is 3.43. The molecule has 1 N–H and O–H groups in total. The minimum Gasteiger partial charge on any atom is -0.423 e. The molecule has 2 aromatic rings. The van der Waals surface area contributed by atoms with Crippen molar-refractivity contribution in [1.29, 1.82) is 0 Å². The van der Waals surface area contributed by atoms with Crippen LogP contribution < -0.4 is 5.32 Å². The highest BCUT2D eigenvalue weighted by atomic mass is 16.5. The minimum atomic E-state index is -0.455. The molecule has 1 fully saturated rings. The molecule has 0 bridgehead atoms. The van der Waals surface area contributed by atoms with Crippen LogP contribution in [-0.4, -0.2) is 28.8 Å². The topological polar surface area (TPSA) is 77.2 Å². The van der Waals surface area contributed by atoms with Crippen LogP contribution in [0.3, 0.4) is 0 Å². The highest BCUT2D eigenvalue weighted by Crippen LogP contribution is 2.22. The lowest BCUT2D eigenvalue weighted by Gasteiger charge is -2.18. The first kappa shape index (κ1) is 13.8. The summed E-state index contributed by atoms with van der Waals surface area (Å²) in [6, 6.07) is 9.11. The van der Waals surface area contributed by atoms with Crippen molar-refractivity contribution in [3.63, 3.8) is 0 Å². The van der Waals surface area contributed by atoms with Crippen molar-refractivity contribution in [2.45, 2.75) is 31.9 Å². The van der Waals surface area contributed by atoms with Gasteiger partial charge in [-0.25, -0.2) is 0 Å². The van der Waals surface area contributed by atoms with Gasteiger partial charge < -0.3 is 14.5 Å². The van der Waals surface area contributed by atoms with Gasteiger partial charge in [-0.2, -0.15) is 0 Å². The number of carbonyl (C=O) groups excluding carboxylic acids is 1. The second-order valence-corrected chi connectivity index (χ2v) is 5.01. The highest BCUT2D eigenvalue weighted by molar-refractivity contribution is 5.81. The van der Waals surface area contributed by atoms with Crippen LogP contribution >= 0.6 is 0 Å². The van der Waals surface area contributed by atoms with Gasteiger partial charge in [-0.15, -0.1) is 10.2 Å². The van der Waals surface area contributed by atoms with Gasteiger partial charge in [0.2, 0.25) is 17.7 Å². The maximum atomic E-state index is 12.3. The summed E-state index contributed by atoms with van der Waals surface area (Å²) < 4.78 is 10.9. The molecule has 1 aliphatic rings. The van der Waals surface area contributed by atoms with Crippen LogP contribution in [0, 0.1) is 6.92 Å². The standard InChI is InChI=1S/C15H17N3O3/c1-10-17-18-15(21-10)13(11-6-3-2-4-7-11)16-14(19)12-8-5-9-20-12/h2-4,6-7,12-13H,5,8-9H2,1H3,(H,16,19). The molecule has 0 saturated carbocycles. The Balaban J connectivity index is 1.84. The monoisotopic (exact) mass is 287 g/mol. The largest absolute Gasteiger partial charge is 0.423 e. The summed E-state index contributed by atoms with van der Waals surface area (Å²) in [6.07, 6.45) is 1.27. The molecule has 0 spiro atoms. The fourth-order valence-electron chi connectivity index (χ4n) is 2.38. The van der Waals surface area contributed by atoms with Gasteiger partial charge in [0.1, 0.15) is 12.1 Å². The smallest absolute Gasteiger partial charge is 0.250 e. The molecular weight excluding hydrogens is 270 g/mol. The lowest BCUT2D eigenvalue weighted by atomic mass is 10.1. The summed E-state index contributed by atoms with van der Waals surface area (Å²) >= 11 is 0. The molecule has 110 valence electrons. The number of nitrogens with zero attached hydrogens (tertiary/aromatic N) is 2. The van der Waals surface area contributed by atoms with Crippen molar-refractivity contribution in [2.75, 3.05) is 6.61 Å². The van der Waals surface area contributed by atoms with Gasteiger partial charge in [0.05, 0.1) is 0 Å². The summed E-state index contributed by atoms with van der Waals surface area (Å²) in [5.74, 6) is 0.708. The second-order valence-electron chi connectivity index (χ2n) is 5.01. The van der Waals surface area contributed by atoms with Crippen molar-refractivity contribution in [1.82, 2.24) is 15.5 Å². The van der Waals surface area contributed by atoms with Crippen molar-refractivity contribution >= 4 is 5.91 Å². The molecule has 1 aliphatic heterocycles. The fraction of sp³-hybridized carbons (Fsp3) is 0.400. The summed E-state index contributed by atoms with van der Waals surface area (Å²) in [6.45, 7) is 2.36. The van der Waals surface area contributed by atoms with E-state index in [1.165, 1.54) is 0 Å². The van der Waals surface area contributed by atoms with Gasteiger partial charge >= 0.3 is 0 Å². The Morgan fingerprint density at radius 2 is 2.14 bits per heavy atom. The van der Waals surface area contributed by atoms with Crippen molar-refractivity contribution < 1.29 is 13.9 Å². The Bertz CT molecular complexity index is 606. The molecular formula is C15H17N3O3. The molecule has 0 aliphatic carbocycles. The SMILES string of the molecule is Cc1nnc(C(NC(=O)C2CCCO2)c2ccccc2)o1. The molecule has 1 amide bonds. The Kier molecular flexibility index (Phi) is 3.96. The van der Waals surface area contributed by atoms with E-state index in [1.54, 1.807) is 6.92 Å². The second kappa shape index (κ2) is 6.05. The molecule has 6 heteroatoms. The Hall–Kier alpha value is -2.21. The van der Waals surface area contributed by atoms with Crippen LogP contribution in [0.1, 0.15) is 36.2 Å². The Morgan fingerprint density at radius 1 is 1.33 bits per heavy atom. The molecule has 21 heavy (non-hydrogen) atoms. The van der Waals surface area contributed by atoms with Crippen LogP contribution in [0.25, 0.3) is 0 Å². The van der Waals surface area contributed by atoms with E-state index >= 15 is 0 Å². The number of nitrogens with one attached hydrogen (secondary N) is 1. The number of carbonyl (C=O) groups is 1. The van der Waals surface area contributed by atoms with E-state index in [4.69, 9.17) is 9.15 Å². The van der Waals surface area contributed by atoms with Gasteiger partial charge in [0.25, 0.3) is 0 Å². The molecule has 1 aromatic heterocycles. The average Bonchev–Trinajstić information content (AvgIpc) is 3.17. The van der Waals surface area contributed by atoms with Crippen LogP contribution in [0.4, 0.5) is 0 Å². The molecule has 1 saturated heterocycles. The van der Waals surface area contributed by atoms with Crippen molar-refractivity contribution in [3.8, 4) is 0 Å². The molecule has 3 rings (SSSR count). The van der Waals surface area contributed by atoms with Gasteiger partial charge in [-0.1, -0.05) is 30.3 Å². The maximum Gasteiger partial charge on any atom is 0.250 e. The number of hydrogen-bond donors (Lipinski definition) is 1. The number of hydrogen-bond acceptors (Lipinski definition) is 5. The van der Waals surface area contributed by atoms with Gasteiger partial charge in [0, 0.05) is 13.5 Å². The molecule has 2 unspecified atom stereocenters. The number of amides is 1. The Morgan fingerprint density at radius 3 is 2.76 bits per heavy atom. The zero-order valence-corrected chi connectivity index (χ0v) is 11.8. The average molecular weight is 287 g/mol. The maximum absolute atomic E-state index is 12.3. The van der Waals surface area contributed by atoms with Crippen LogP contribution in [0.5, 0.6) is 0 Å². The van der Waals surface area contributed by atoms with Crippen LogP contribution in [0.2, 0.25) is 0 Å². The van der Waals surface area contributed by atoms with E-state index in [2.05, 4.69) is 15.5 Å². The first-order valence-corrected chi connectivity index (χ1v) is 7.01. The van der Waals surface area contributed by atoms with E-state index < -0.39 is 6.04 Å². The third kappa shape index (κ3) is 3.11. The minimum absolute atomic E-state index is 0.141. The summed E-state index contributed by atoms with van der Waals surface area (Å²) in [7, 11) is 0. The summed E-state index contributed by atoms with van der Waals surface area (Å²) in [4.78, 5) is 12.3. The van der Waals surface area contributed by atoms with E-state index in [9.17, 15) is 4.79 Å². The fourth-order valence-corrected chi connectivity index (χ4v) is 2.38. The predicted molar refractivity (Wildman–Crippen MR) is 74.4 cm³/mol. The normalized spacial score (nSPS) is 19.4. The van der Waals surface area contributed by atoms with E-state index in [0.29, 0.717) is 18.4 Å². The molecule has 6 nitrogen and oxygen atoms in total.